The summed E-state index contributed by atoms with van der Waals surface area (Å²) >= 11 is 0. The van der Waals surface area contributed by atoms with Gasteiger partial charge in [0.05, 0.1) is 19.6 Å². The molecule has 0 bridgehead atoms. The van der Waals surface area contributed by atoms with Crippen molar-refractivity contribution in [2.24, 2.45) is 63.5 Å². The van der Waals surface area contributed by atoms with E-state index >= 15 is 0 Å². The number of carbonyl (C=O) groups is 3. The molecule has 5 unspecified atom stereocenters. The van der Waals surface area contributed by atoms with Crippen molar-refractivity contribution < 1.29 is 28.6 Å². The largest absolute Gasteiger partial charge is 0.461 e. The Morgan fingerprint density at radius 1 is 0.875 bits per heavy atom. The standard InChI is InChI=1S/C38H60N4O6/c1-24(9-8-16-42(4)23-25-10-6-5-7-11-25)28-12-13-29-36-30(19-32(38(28,29)3)48-35(45)22-41)37(2)15-14-27(46-33(43)20-39)17-26(37)18-31(36)47-34(44)21-40/h5-7,10-11,24,26-32,36H,8-9,12-23,39-41H2,1-4H3/t24-,26?,27-,28-,29?,30?,31?,32+,36?,37+,38-/m1/s1. The number of hydrogen-bond donors (Lipinski definition) is 3. The Morgan fingerprint density at radius 2 is 1.54 bits per heavy atom. The Labute approximate surface area is 287 Å². The highest BCUT2D eigenvalue weighted by molar-refractivity contribution is 5.72. The number of fused-ring (bicyclic) bond motifs is 5. The molecule has 0 saturated heterocycles. The van der Waals surface area contributed by atoms with Crippen LogP contribution in [0.1, 0.15) is 84.1 Å². The first-order valence-electron chi connectivity index (χ1n) is 18.4. The van der Waals surface area contributed by atoms with Gasteiger partial charge in [0.15, 0.2) is 0 Å². The SMILES string of the molecule is C[C@H](CCCN(C)Cc1ccccc1)[C@H]1CCC2C3C(OC(=O)CN)CC4C[C@H](OC(=O)CN)CC[C@]4(C)C3C[C@H](OC(=O)CN)[C@@]21C. The third-order valence-corrected chi connectivity index (χ3v) is 13.3. The predicted octanol–water partition coefficient (Wildman–Crippen LogP) is 4.02. The van der Waals surface area contributed by atoms with Crippen LogP contribution in [-0.4, -0.2) is 74.3 Å². The minimum absolute atomic E-state index is 0.0797. The van der Waals surface area contributed by atoms with E-state index in [0.717, 1.165) is 51.6 Å². The number of nitrogens with zero attached hydrogens (tertiary/aromatic N) is 1. The van der Waals surface area contributed by atoms with Gasteiger partial charge in [-0.2, -0.15) is 0 Å². The third-order valence-electron chi connectivity index (χ3n) is 13.3. The van der Waals surface area contributed by atoms with Gasteiger partial charge in [0.2, 0.25) is 0 Å². The lowest BCUT2D eigenvalue weighted by Crippen LogP contribution is -2.63. The van der Waals surface area contributed by atoms with Crippen LogP contribution in [0.2, 0.25) is 0 Å². The van der Waals surface area contributed by atoms with Gasteiger partial charge in [0, 0.05) is 17.9 Å². The van der Waals surface area contributed by atoms with Crippen LogP contribution in [0.4, 0.5) is 0 Å². The summed E-state index contributed by atoms with van der Waals surface area (Å²) < 4.78 is 18.3. The van der Waals surface area contributed by atoms with Crippen molar-refractivity contribution in [2.75, 3.05) is 33.2 Å². The number of carbonyl (C=O) groups excluding carboxylic acids is 3. The second-order valence-corrected chi connectivity index (χ2v) is 15.9. The lowest BCUT2D eigenvalue weighted by atomic mass is 9.43. The van der Waals surface area contributed by atoms with Gasteiger partial charge in [-0.3, -0.25) is 14.4 Å². The predicted molar refractivity (Wildman–Crippen MR) is 184 cm³/mol. The van der Waals surface area contributed by atoms with E-state index in [0.29, 0.717) is 31.1 Å². The van der Waals surface area contributed by atoms with Crippen molar-refractivity contribution in [3.05, 3.63) is 35.9 Å². The van der Waals surface area contributed by atoms with Crippen LogP contribution in [0, 0.1) is 46.3 Å². The first-order chi connectivity index (χ1) is 22.9. The van der Waals surface area contributed by atoms with Gasteiger partial charge in [-0.25, -0.2) is 0 Å². The van der Waals surface area contributed by atoms with E-state index in [1.807, 2.05) is 0 Å². The van der Waals surface area contributed by atoms with Crippen LogP contribution in [-0.2, 0) is 35.1 Å². The number of ether oxygens (including phenoxy) is 3. The van der Waals surface area contributed by atoms with Crippen molar-refractivity contribution in [3.63, 3.8) is 0 Å². The summed E-state index contributed by atoms with van der Waals surface area (Å²) in [6.45, 7) is 8.57. The molecule has 268 valence electrons. The zero-order chi connectivity index (χ0) is 34.6. The maximum Gasteiger partial charge on any atom is 0.319 e. The average molecular weight is 669 g/mol. The van der Waals surface area contributed by atoms with E-state index in [9.17, 15) is 14.4 Å². The molecule has 48 heavy (non-hydrogen) atoms. The fraction of sp³-hybridized carbons (Fsp3) is 0.763. The van der Waals surface area contributed by atoms with Gasteiger partial charge in [-0.15, -0.1) is 0 Å². The molecule has 4 saturated carbocycles. The molecule has 0 heterocycles. The molecule has 4 aliphatic carbocycles. The molecular weight excluding hydrogens is 608 g/mol. The highest BCUT2D eigenvalue weighted by Gasteiger charge is 2.67. The summed E-state index contributed by atoms with van der Waals surface area (Å²) in [6, 6.07) is 10.6. The van der Waals surface area contributed by atoms with Gasteiger partial charge >= 0.3 is 17.9 Å². The van der Waals surface area contributed by atoms with E-state index in [1.54, 1.807) is 0 Å². The summed E-state index contributed by atoms with van der Waals surface area (Å²) in [4.78, 5) is 40.2. The van der Waals surface area contributed by atoms with E-state index < -0.39 is 0 Å². The molecule has 0 aromatic heterocycles. The summed E-state index contributed by atoms with van der Waals surface area (Å²) in [5, 5.41) is 0. The van der Waals surface area contributed by atoms with E-state index in [4.69, 9.17) is 31.4 Å². The summed E-state index contributed by atoms with van der Waals surface area (Å²) in [7, 11) is 2.18. The summed E-state index contributed by atoms with van der Waals surface area (Å²) in [5.41, 5.74) is 18.2. The van der Waals surface area contributed by atoms with Crippen molar-refractivity contribution in [2.45, 2.75) is 103 Å². The van der Waals surface area contributed by atoms with Crippen molar-refractivity contribution in [1.29, 1.82) is 0 Å². The summed E-state index contributed by atoms with van der Waals surface area (Å²) in [5.74, 6) is 0.375. The third kappa shape index (κ3) is 7.47. The lowest BCUT2D eigenvalue weighted by molar-refractivity contribution is -0.225. The van der Waals surface area contributed by atoms with Gasteiger partial charge < -0.3 is 36.3 Å². The molecule has 6 N–H and O–H groups in total. The quantitative estimate of drug-likeness (QED) is 0.207. The van der Waals surface area contributed by atoms with Crippen LogP contribution in [0.3, 0.4) is 0 Å². The minimum Gasteiger partial charge on any atom is -0.461 e. The molecule has 4 fully saturated rings. The first-order valence-corrected chi connectivity index (χ1v) is 18.4. The normalized spacial score (nSPS) is 36.3. The van der Waals surface area contributed by atoms with Crippen LogP contribution < -0.4 is 17.2 Å². The molecule has 0 amide bonds. The highest BCUT2D eigenvalue weighted by Crippen LogP contribution is 2.69. The number of hydrogen-bond acceptors (Lipinski definition) is 10. The molecule has 0 spiro atoms. The average Bonchev–Trinajstić information content (AvgIpc) is 3.43. The van der Waals surface area contributed by atoms with Crippen LogP contribution in [0.25, 0.3) is 0 Å². The molecule has 1 aromatic carbocycles. The van der Waals surface area contributed by atoms with E-state index in [1.165, 1.54) is 5.56 Å². The second kappa shape index (κ2) is 15.6. The number of benzene rings is 1. The van der Waals surface area contributed by atoms with Crippen LogP contribution in [0.5, 0.6) is 0 Å². The Balaban J connectivity index is 1.38. The Morgan fingerprint density at radius 3 is 2.23 bits per heavy atom. The monoisotopic (exact) mass is 668 g/mol. The van der Waals surface area contributed by atoms with Gasteiger partial charge in [0.1, 0.15) is 18.3 Å². The molecular formula is C38H60N4O6. The molecule has 11 atom stereocenters. The molecule has 4 aliphatic rings. The first kappa shape index (κ1) is 36.7. The van der Waals surface area contributed by atoms with Crippen molar-refractivity contribution in [3.8, 4) is 0 Å². The topological polar surface area (TPSA) is 160 Å². The maximum atomic E-state index is 12.9. The Bertz CT molecular complexity index is 1260. The molecule has 5 rings (SSSR count). The zero-order valence-electron chi connectivity index (χ0n) is 29.6. The number of esters is 3. The minimum atomic E-state index is -0.389. The smallest absolute Gasteiger partial charge is 0.319 e. The molecule has 10 heteroatoms. The number of nitrogens with two attached hydrogens (primary N) is 3. The van der Waals surface area contributed by atoms with Crippen molar-refractivity contribution >= 4 is 17.9 Å². The van der Waals surface area contributed by atoms with E-state index in [-0.39, 0.29) is 90.4 Å². The fourth-order valence-corrected chi connectivity index (χ4v) is 11.0. The van der Waals surface area contributed by atoms with Gasteiger partial charge in [-0.1, -0.05) is 51.1 Å². The second-order valence-electron chi connectivity index (χ2n) is 15.9. The van der Waals surface area contributed by atoms with Crippen LogP contribution >= 0.6 is 0 Å². The molecule has 0 aliphatic heterocycles. The fourth-order valence-electron chi connectivity index (χ4n) is 11.0. The lowest BCUT2D eigenvalue weighted by Gasteiger charge is -2.64. The van der Waals surface area contributed by atoms with Crippen molar-refractivity contribution in [1.82, 2.24) is 4.90 Å². The highest BCUT2D eigenvalue weighted by atomic mass is 16.6. The van der Waals surface area contributed by atoms with Crippen LogP contribution in [0.15, 0.2) is 30.3 Å². The van der Waals surface area contributed by atoms with E-state index in [2.05, 4.69) is 63.1 Å². The van der Waals surface area contributed by atoms with Gasteiger partial charge in [0.25, 0.3) is 0 Å². The molecule has 1 aromatic rings. The zero-order valence-corrected chi connectivity index (χ0v) is 29.6. The Hall–Kier alpha value is -2.53. The Kier molecular flexibility index (Phi) is 11.9. The summed E-state index contributed by atoms with van der Waals surface area (Å²) in [6.07, 6.45) is 7.26. The molecule has 10 nitrogen and oxygen atoms in total. The maximum absolute atomic E-state index is 12.9. The molecule has 0 radical (unpaired) electrons. The van der Waals surface area contributed by atoms with Gasteiger partial charge in [-0.05, 0) is 112 Å². The number of rotatable bonds is 13.